The Morgan fingerprint density at radius 1 is 0.880 bits per heavy atom. The van der Waals surface area contributed by atoms with E-state index in [1.807, 2.05) is 0 Å². The average molecular weight is 356 g/mol. The number of hydrogen-bond donors (Lipinski definition) is 0. The van der Waals surface area contributed by atoms with Gasteiger partial charge in [0.25, 0.3) is 0 Å². The van der Waals surface area contributed by atoms with E-state index < -0.39 is 17.9 Å². The Morgan fingerprint density at radius 2 is 1.44 bits per heavy atom. The van der Waals surface area contributed by atoms with Gasteiger partial charge >= 0.3 is 6.36 Å². The zero-order valence-electron chi connectivity index (χ0n) is 13.6. The first-order valence-corrected chi connectivity index (χ1v) is 7.00. The highest BCUT2D eigenvalue weighted by Crippen LogP contribution is 2.39. The molecule has 8 heteroatoms. The van der Waals surface area contributed by atoms with Gasteiger partial charge in [-0.3, -0.25) is 4.79 Å². The Balaban J connectivity index is 2.52. The van der Waals surface area contributed by atoms with E-state index in [1.165, 1.54) is 51.7 Å². The van der Waals surface area contributed by atoms with Gasteiger partial charge in [-0.15, -0.1) is 13.2 Å². The lowest BCUT2D eigenvalue weighted by molar-refractivity contribution is -0.274. The third-order valence-electron chi connectivity index (χ3n) is 3.28. The van der Waals surface area contributed by atoms with Crippen LogP contribution in [0.25, 0.3) is 0 Å². The Bertz CT molecular complexity index is 746. The Labute approximate surface area is 141 Å². The van der Waals surface area contributed by atoms with Crippen molar-refractivity contribution in [3.63, 3.8) is 0 Å². The van der Waals surface area contributed by atoms with E-state index in [1.54, 1.807) is 0 Å². The van der Waals surface area contributed by atoms with Gasteiger partial charge in [0.1, 0.15) is 5.75 Å². The molecule has 0 bridgehead atoms. The number of methoxy groups -OCH3 is 3. The summed E-state index contributed by atoms with van der Waals surface area (Å²) in [4.78, 5) is 12.7. The predicted molar refractivity (Wildman–Crippen MR) is 82.7 cm³/mol. The van der Waals surface area contributed by atoms with Gasteiger partial charge < -0.3 is 18.9 Å². The third kappa shape index (κ3) is 4.14. The molecule has 2 rings (SSSR count). The van der Waals surface area contributed by atoms with Crippen LogP contribution in [0.3, 0.4) is 0 Å². The van der Waals surface area contributed by atoms with E-state index >= 15 is 0 Å². The summed E-state index contributed by atoms with van der Waals surface area (Å²) in [6.45, 7) is 0. The van der Waals surface area contributed by atoms with E-state index in [0.717, 1.165) is 6.07 Å². The van der Waals surface area contributed by atoms with Crippen molar-refractivity contribution in [2.45, 2.75) is 6.36 Å². The van der Waals surface area contributed by atoms with Gasteiger partial charge in [0.15, 0.2) is 17.3 Å². The number of alkyl halides is 3. The Hall–Kier alpha value is -2.90. The van der Waals surface area contributed by atoms with Gasteiger partial charge in [-0.1, -0.05) is 12.1 Å². The molecule has 0 unspecified atom stereocenters. The van der Waals surface area contributed by atoms with Gasteiger partial charge in [-0.25, -0.2) is 0 Å². The molecule has 0 aliphatic heterocycles. The van der Waals surface area contributed by atoms with Crippen LogP contribution in [-0.2, 0) is 0 Å². The molecular weight excluding hydrogens is 341 g/mol. The minimum atomic E-state index is -4.91. The van der Waals surface area contributed by atoms with Crippen LogP contribution in [0.5, 0.6) is 23.0 Å². The van der Waals surface area contributed by atoms with Gasteiger partial charge in [-0.05, 0) is 24.3 Å². The lowest BCUT2D eigenvalue weighted by Gasteiger charge is -2.15. The van der Waals surface area contributed by atoms with E-state index in [2.05, 4.69) is 4.74 Å². The molecule has 0 heterocycles. The largest absolute Gasteiger partial charge is 0.573 e. The number of hydrogen-bond acceptors (Lipinski definition) is 5. The zero-order valence-corrected chi connectivity index (χ0v) is 13.6. The van der Waals surface area contributed by atoms with Crippen LogP contribution < -0.4 is 18.9 Å². The second-order valence-corrected chi connectivity index (χ2v) is 4.79. The molecule has 2 aromatic carbocycles. The number of para-hydroxylation sites is 1. The van der Waals surface area contributed by atoms with E-state index in [4.69, 9.17) is 14.2 Å². The summed E-state index contributed by atoms with van der Waals surface area (Å²) in [7, 11) is 4.13. The predicted octanol–water partition coefficient (Wildman–Crippen LogP) is 3.84. The number of rotatable bonds is 6. The van der Waals surface area contributed by atoms with Crippen molar-refractivity contribution < 1.29 is 36.9 Å². The summed E-state index contributed by atoms with van der Waals surface area (Å²) in [5, 5.41) is 0. The average Bonchev–Trinajstić information content (AvgIpc) is 2.58. The molecule has 25 heavy (non-hydrogen) atoms. The highest BCUT2D eigenvalue weighted by molar-refractivity contribution is 6.11. The minimum absolute atomic E-state index is 0.0627. The van der Waals surface area contributed by atoms with Gasteiger partial charge in [0.05, 0.1) is 26.9 Å². The number of halogens is 3. The summed E-state index contributed by atoms with van der Waals surface area (Å²) < 4.78 is 57.0. The van der Waals surface area contributed by atoms with Gasteiger partial charge in [0, 0.05) is 5.56 Å². The first-order valence-electron chi connectivity index (χ1n) is 7.00. The van der Waals surface area contributed by atoms with Crippen LogP contribution in [0.4, 0.5) is 13.2 Å². The maximum Gasteiger partial charge on any atom is 0.573 e. The first-order chi connectivity index (χ1) is 11.8. The second kappa shape index (κ2) is 7.33. The number of carbonyl (C=O) groups is 1. The fourth-order valence-electron chi connectivity index (χ4n) is 2.24. The van der Waals surface area contributed by atoms with Crippen molar-refractivity contribution in [2.75, 3.05) is 21.3 Å². The van der Waals surface area contributed by atoms with E-state index in [9.17, 15) is 18.0 Å². The summed E-state index contributed by atoms with van der Waals surface area (Å²) in [6, 6.07) is 7.80. The second-order valence-electron chi connectivity index (χ2n) is 4.79. The van der Waals surface area contributed by atoms with Crippen molar-refractivity contribution in [3.05, 3.63) is 47.5 Å². The molecule has 0 saturated heterocycles. The molecule has 134 valence electrons. The molecule has 0 atom stereocenters. The molecule has 0 aliphatic carbocycles. The number of benzene rings is 2. The van der Waals surface area contributed by atoms with Crippen LogP contribution in [0.2, 0.25) is 0 Å². The monoisotopic (exact) mass is 356 g/mol. The zero-order chi connectivity index (χ0) is 18.6. The number of ketones is 1. The molecule has 0 amide bonds. The Kier molecular flexibility index (Phi) is 5.41. The maximum atomic E-state index is 12.7. The van der Waals surface area contributed by atoms with Crippen LogP contribution >= 0.6 is 0 Å². The summed E-state index contributed by atoms with van der Waals surface area (Å²) in [5.74, 6) is -0.590. The molecule has 2 aromatic rings. The van der Waals surface area contributed by atoms with Crippen LogP contribution in [-0.4, -0.2) is 33.5 Å². The summed E-state index contributed by atoms with van der Waals surface area (Å²) >= 11 is 0. The van der Waals surface area contributed by atoms with Crippen molar-refractivity contribution in [3.8, 4) is 23.0 Å². The molecule has 0 aliphatic rings. The van der Waals surface area contributed by atoms with E-state index in [-0.39, 0.29) is 28.4 Å². The maximum absolute atomic E-state index is 12.7. The van der Waals surface area contributed by atoms with Crippen molar-refractivity contribution >= 4 is 5.78 Å². The van der Waals surface area contributed by atoms with Crippen molar-refractivity contribution in [1.29, 1.82) is 0 Å². The molecule has 0 radical (unpaired) electrons. The summed E-state index contributed by atoms with van der Waals surface area (Å²) in [6.07, 6.45) is -4.91. The lowest BCUT2D eigenvalue weighted by Crippen LogP contribution is -2.19. The molecule has 0 saturated carbocycles. The molecule has 0 N–H and O–H groups in total. The Morgan fingerprint density at radius 3 is 1.92 bits per heavy atom. The van der Waals surface area contributed by atoms with Gasteiger partial charge in [0.2, 0.25) is 5.75 Å². The highest BCUT2D eigenvalue weighted by Gasteiger charge is 2.33. The van der Waals surface area contributed by atoms with Gasteiger partial charge in [-0.2, -0.15) is 0 Å². The first kappa shape index (κ1) is 18.4. The van der Waals surface area contributed by atoms with E-state index in [0.29, 0.717) is 0 Å². The van der Waals surface area contributed by atoms with Crippen molar-refractivity contribution in [1.82, 2.24) is 0 Å². The minimum Gasteiger partial charge on any atom is -0.493 e. The highest BCUT2D eigenvalue weighted by atomic mass is 19.4. The molecule has 5 nitrogen and oxygen atoms in total. The molecular formula is C17H15F3O5. The SMILES string of the molecule is COc1cc(C(=O)c2ccccc2OC(F)(F)F)cc(OC)c1OC. The topological polar surface area (TPSA) is 54.0 Å². The van der Waals surface area contributed by atoms with Crippen LogP contribution in [0, 0.1) is 0 Å². The van der Waals surface area contributed by atoms with Crippen molar-refractivity contribution in [2.24, 2.45) is 0 Å². The fraction of sp³-hybridized carbons (Fsp3) is 0.235. The molecule has 0 fully saturated rings. The smallest absolute Gasteiger partial charge is 0.493 e. The van der Waals surface area contributed by atoms with Crippen LogP contribution in [0.15, 0.2) is 36.4 Å². The number of carbonyl (C=O) groups excluding carboxylic acids is 1. The number of ether oxygens (including phenoxy) is 4. The third-order valence-corrected chi connectivity index (χ3v) is 3.28. The summed E-state index contributed by atoms with van der Waals surface area (Å²) in [5.41, 5.74) is -0.179. The normalized spacial score (nSPS) is 11.0. The fourth-order valence-corrected chi connectivity index (χ4v) is 2.24. The lowest BCUT2D eigenvalue weighted by atomic mass is 10.0. The standard InChI is InChI=1S/C17H15F3O5/c1-22-13-8-10(9-14(23-2)16(13)24-3)15(21)11-6-4-5-7-12(11)25-17(18,19)20/h4-9H,1-3H3. The molecule has 0 aromatic heterocycles. The van der Waals surface area contributed by atoms with Crippen LogP contribution in [0.1, 0.15) is 15.9 Å². The molecule has 0 spiro atoms. The quantitative estimate of drug-likeness (QED) is 0.736.